The van der Waals surface area contributed by atoms with Gasteiger partial charge in [0.05, 0.1) is 33.6 Å². The molecule has 2 aromatic carbocycles. The minimum absolute atomic E-state index is 0.0440. The average Bonchev–Trinajstić information content (AvgIpc) is 2.51. The second-order valence-corrected chi connectivity index (χ2v) is 5.17. The number of fused-ring (bicyclic) bond motifs is 2. The molecule has 0 radical (unpaired) electrons. The lowest BCUT2D eigenvalue weighted by molar-refractivity contribution is 0.0687. The number of carbonyl (C=O) groups is 4. The van der Waals surface area contributed by atoms with E-state index >= 15 is 0 Å². The van der Waals surface area contributed by atoms with Crippen LogP contribution in [0.1, 0.15) is 52.6 Å². The topological polar surface area (TPSA) is 161 Å². The molecule has 1 aliphatic carbocycles. The molecule has 120 valence electrons. The summed E-state index contributed by atoms with van der Waals surface area (Å²) in [6.45, 7) is 0. The fourth-order valence-electron chi connectivity index (χ4n) is 2.75. The summed E-state index contributed by atoms with van der Waals surface area (Å²) in [5, 5.41) is 18.2. The van der Waals surface area contributed by atoms with Gasteiger partial charge < -0.3 is 21.7 Å². The molecule has 8 heteroatoms. The van der Waals surface area contributed by atoms with E-state index in [9.17, 15) is 19.2 Å². The Balaban J connectivity index is 2.36. The molecular weight excluding hydrogens is 316 g/mol. The number of carboxylic acids is 2. The van der Waals surface area contributed by atoms with Crippen LogP contribution in [0.15, 0.2) is 24.3 Å². The van der Waals surface area contributed by atoms with E-state index in [1.807, 2.05) is 0 Å². The number of ketones is 2. The molecular formula is C16H10N2O6. The van der Waals surface area contributed by atoms with Gasteiger partial charge in [-0.25, -0.2) is 9.59 Å². The van der Waals surface area contributed by atoms with Crippen molar-refractivity contribution in [2.45, 2.75) is 0 Å². The Morgan fingerprint density at radius 1 is 0.708 bits per heavy atom. The fourth-order valence-corrected chi connectivity index (χ4v) is 2.75. The van der Waals surface area contributed by atoms with Crippen molar-refractivity contribution in [2.24, 2.45) is 0 Å². The van der Waals surface area contributed by atoms with Crippen LogP contribution in [0, 0.1) is 0 Å². The van der Waals surface area contributed by atoms with Crippen molar-refractivity contribution in [3.63, 3.8) is 0 Å². The minimum atomic E-state index is -1.35. The van der Waals surface area contributed by atoms with Gasteiger partial charge in [0.25, 0.3) is 0 Å². The van der Waals surface area contributed by atoms with Crippen molar-refractivity contribution >= 4 is 34.9 Å². The van der Waals surface area contributed by atoms with Crippen LogP contribution < -0.4 is 11.5 Å². The number of nitrogens with two attached hydrogens (primary N) is 2. The third-order valence-corrected chi connectivity index (χ3v) is 3.90. The second-order valence-electron chi connectivity index (χ2n) is 5.17. The molecule has 0 unspecified atom stereocenters. The summed E-state index contributed by atoms with van der Waals surface area (Å²) in [4.78, 5) is 47.7. The van der Waals surface area contributed by atoms with Crippen LogP contribution in [0.25, 0.3) is 0 Å². The van der Waals surface area contributed by atoms with Gasteiger partial charge in [-0.2, -0.15) is 0 Å². The first kappa shape index (κ1) is 15.2. The molecule has 0 atom stereocenters. The quantitative estimate of drug-likeness (QED) is 0.507. The molecule has 2 aromatic rings. The highest BCUT2D eigenvalue weighted by atomic mass is 16.4. The van der Waals surface area contributed by atoms with E-state index in [-0.39, 0.29) is 44.8 Å². The molecule has 24 heavy (non-hydrogen) atoms. The van der Waals surface area contributed by atoms with Crippen molar-refractivity contribution in [1.29, 1.82) is 0 Å². The lowest BCUT2D eigenvalue weighted by Gasteiger charge is -2.21. The number of rotatable bonds is 2. The normalized spacial score (nSPS) is 12.5. The Hall–Kier alpha value is -3.68. The summed E-state index contributed by atoms with van der Waals surface area (Å²) in [5.41, 5.74) is 9.49. The molecule has 0 spiro atoms. The average molecular weight is 326 g/mol. The number of nitrogen functional groups attached to an aromatic ring is 2. The largest absolute Gasteiger partial charge is 0.478 e. The van der Waals surface area contributed by atoms with Gasteiger partial charge in [0, 0.05) is 11.1 Å². The van der Waals surface area contributed by atoms with Crippen molar-refractivity contribution in [1.82, 2.24) is 0 Å². The predicted octanol–water partition coefficient (Wildman–Crippen LogP) is 1.02. The highest BCUT2D eigenvalue weighted by molar-refractivity contribution is 6.33. The van der Waals surface area contributed by atoms with Crippen molar-refractivity contribution in [3.05, 3.63) is 57.6 Å². The molecule has 0 heterocycles. The molecule has 0 aliphatic heterocycles. The standard InChI is InChI=1S/C16H10N2O6/c17-11-7(15(21)22)3-1-5-9(11)14(20)10-6(13(5)19)2-4-8(12(10)18)16(23)24/h1-4H,17-18H2,(H,21,22)(H,23,24). The summed E-state index contributed by atoms with van der Waals surface area (Å²) in [5.74, 6) is -4.06. The number of carbonyl (C=O) groups excluding carboxylic acids is 2. The first-order valence-corrected chi connectivity index (χ1v) is 6.66. The predicted molar refractivity (Wildman–Crippen MR) is 82.5 cm³/mol. The summed E-state index contributed by atoms with van der Waals surface area (Å²) in [6, 6.07) is 4.70. The van der Waals surface area contributed by atoms with E-state index in [1.54, 1.807) is 0 Å². The molecule has 0 saturated carbocycles. The van der Waals surface area contributed by atoms with E-state index in [0.717, 1.165) is 12.1 Å². The number of benzene rings is 2. The van der Waals surface area contributed by atoms with Gasteiger partial charge in [-0.05, 0) is 24.3 Å². The molecule has 6 N–H and O–H groups in total. The Morgan fingerprint density at radius 3 is 1.42 bits per heavy atom. The minimum Gasteiger partial charge on any atom is -0.478 e. The fraction of sp³-hybridized carbons (Fsp3) is 0. The molecule has 0 saturated heterocycles. The molecule has 0 fully saturated rings. The highest BCUT2D eigenvalue weighted by Gasteiger charge is 2.35. The number of carboxylic acid groups (broad SMARTS) is 2. The van der Waals surface area contributed by atoms with Gasteiger partial charge in [0.15, 0.2) is 11.6 Å². The van der Waals surface area contributed by atoms with Crippen LogP contribution in [-0.2, 0) is 0 Å². The Morgan fingerprint density at radius 2 is 1.08 bits per heavy atom. The van der Waals surface area contributed by atoms with Gasteiger partial charge in [-0.3, -0.25) is 9.59 Å². The van der Waals surface area contributed by atoms with Gasteiger partial charge in [-0.15, -0.1) is 0 Å². The maximum Gasteiger partial charge on any atom is 0.337 e. The van der Waals surface area contributed by atoms with Gasteiger partial charge >= 0.3 is 11.9 Å². The molecule has 8 nitrogen and oxygen atoms in total. The van der Waals surface area contributed by atoms with E-state index in [2.05, 4.69) is 0 Å². The molecule has 0 aromatic heterocycles. The van der Waals surface area contributed by atoms with Crippen LogP contribution in [-0.4, -0.2) is 33.7 Å². The lowest BCUT2D eigenvalue weighted by Crippen LogP contribution is -2.26. The third-order valence-electron chi connectivity index (χ3n) is 3.90. The molecule has 0 amide bonds. The van der Waals surface area contributed by atoms with Crippen molar-refractivity contribution in [3.8, 4) is 0 Å². The summed E-state index contributed by atoms with van der Waals surface area (Å²) in [7, 11) is 0. The van der Waals surface area contributed by atoms with Crippen LogP contribution in [0.2, 0.25) is 0 Å². The zero-order valence-corrected chi connectivity index (χ0v) is 12.0. The van der Waals surface area contributed by atoms with E-state index in [1.165, 1.54) is 12.1 Å². The zero-order chi connectivity index (χ0) is 17.8. The third kappa shape index (κ3) is 1.86. The Bertz CT molecular complexity index is 902. The van der Waals surface area contributed by atoms with Crippen molar-refractivity contribution < 1.29 is 29.4 Å². The van der Waals surface area contributed by atoms with Gasteiger partial charge in [-0.1, -0.05) is 0 Å². The maximum atomic E-state index is 12.7. The number of hydrogen-bond donors (Lipinski definition) is 4. The maximum absolute atomic E-state index is 12.7. The second kappa shape index (κ2) is 4.92. The van der Waals surface area contributed by atoms with E-state index in [0.29, 0.717) is 0 Å². The van der Waals surface area contributed by atoms with Crippen LogP contribution in [0.4, 0.5) is 11.4 Å². The monoisotopic (exact) mass is 326 g/mol. The van der Waals surface area contributed by atoms with E-state index in [4.69, 9.17) is 21.7 Å². The number of anilines is 2. The van der Waals surface area contributed by atoms with E-state index < -0.39 is 23.5 Å². The van der Waals surface area contributed by atoms with Crippen LogP contribution in [0.5, 0.6) is 0 Å². The Kier molecular flexibility index (Phi) is 3.12. The Labute approximate surface area is 134 Å². The number of aromatic carboxylic acids is 2. The molecule has 3 rings (SSSR count). The molecule has 0 bridgehead atoms. The summed E-state index contributed by atoms with van der Waals surface area (Å²) < 4.78 is 0. The van der Waals surface area contributed by atoms with Gasteiger partial charge in [0.1, 0.15) is 0 Å². The summed E-state index contributed by atoms with van der Waals surface area (Å²) >= 11 is 0. The highest BCUT2D eigenvalue weighted by Crippen LogP contribution is 2.36. The first-order chi connectivity index (χ1) is 11.3. The zero-order valence-electron chi connectivity index (χ0n) is 12.0. The van der Waals surface area contributed by atoms with Gasteiger partial charge in [0.2, 0.25) is 0 Å². The van der Waals surface area contributed by atoms with Crippen LogP contribution in [0.3, 0.4) is 0 Å². The number of hydrogen-bond acceptors (Lipinski definition) is 6. The first-order valence-electron chi connectivity index (χ1n) is 6.66. The van der Waals surface area contributed by atoms with Crippen LogP contribution >= 0.6 is 0 Å². The lowest BCUT2D eigenvalue weighted by atomic mass is 9.80. The SMILES string of the molecule is Nc1c(C(=O)O)ccc2c1C(=O)c1c(ccc(C(=O)O)c1N)C2=O. The molecule has 1 aliphatic rings. The van der Waals surface area contributed by atoms with Crippen molar-refractivity contribution in [2.75, 3.05) is 11.5 Å². The smallest absolute Gasteiger partial charge is 0.337 e. The summed E-state index contributed by atoms with van der Waals surface area (Å²) in [6.07, 6.45) is 0.